The minimum Gasteiger partial charge on any atom is -0.385 e. The minimum absolute atomic E-state index is 0.889. The topological polar surface area (TPSA) is 42.7 Å². The largest absolute Gasteiger partial charge is 0.385 e. The molecule has 1 aromatic carbocycles. The maximum Gasteiger partial charge on any atom is 0.163 e. The summed E-state index contributed by atoms with van der Waals surface area (Å²) in [6.45, 7) is 3.14. The molecule has 0 spiro atoms. The van der Waals surface area contributed by atoms with Crippen molar-refractivity contribution < 1.29 is 0 Å². The first kappa shape index (κ1) is 10.7. The SMILES string of the molecule is CCCNc1cccc(-c2nncn2C)c1. The number of hydrogen-bond donors (Lipinski definition) is 1. The second-order valence-corrected chi connectivity index (χ2v) is 3.77. The number of aromatic nitrogens is 3. The van der Waals surface area contributed by atoms with E-state index in [0.717, 1.165) is 30.0 Å². The van der Waals surface area contributed by atoms with E-state index in [0.29, 0.717) is 0 Å². The van der Waals surface area contributed by atoms with Crippen LogP contribution in [0.15, 0.2) is 30.6 Å². The van der Waals surface area contributed by atoms with Crippen LogP contribution in [0.25, 0.3) is 11.4 Å². The predicted octanol–water partition coefficient (Wildman–Crippen LogP) is 2.30. The highest BCUT2D eigenvalue weighted by Crippen LogP contribution is 2.19. The van der Waals surface area contributed by atoms with Gasteiger partial charge < -0.3 is 9.88 Å². The van der Waals surface area contributed by atoms with Crippen LogP contribution in [-0.2, 0) is 7.05 Å². The molecule has 0 fully saturated rings. The number of anilines is 1. The molecule has 0 unspecified atom stereocenters. The van der Waals surface area contributed by atoms with E-state index < -0.39 is 0 Å². The maximum atomic E-state index is 4.09. The van der Waals surface area contributed by atoms with Crippen LogP contribution in [0, 0.1) is 0 Å². The van der Waals surface area contributed by atoms with E-state index in [4.69, 9.17) is 0 Å². The Balaban J connectivity index is 2.26. The Morgan fingerprint density at radius 1 is 1.38 bits per heavy atom. The number of nitrogens with zero attached hydrogens (tertiary/aromatic N) is 3. The third kappa shape index (κ3) is 2.21. The standard InChI is InChI=1S/C12H16N4/c1-3-7-13-11-6-4-5-10(8-11)12-15-14-9-16(12)2/h4-6,8-9,13H,3,7H2,1-2H3. The van der Waals surface area contributed by atoms with Crippen molar-refractivity contribution in [2.45, 2.75) is 13.3 Å². The number of aryl methyl sites for hydroxylation is 1. The van der Waals surface area contributed by atoms with Gasteiger partial charge in [-0.1, -0.05) is 19.1 Å². The Morgan fingerprint density at radius 3 is 2.94 bits per heavy atom. The fraction of sp³-hybridized carbons (Fsp3) is 0.333. The highest BCUT2D eigenvalue weighted by Gasteiger charge is 2.04. The van der Waals surface area contributed by atoms with Gasteiger partial charge in [0, 0.05) is 24.8 Å². The summed E-state index contributed by atoms with van der Waals surface area (Å²) in [7, 11) is 1.95. The highest BCUT2D eigenvalue weighted by atomic mass is 15.2. The first-order valence-electron chi connectivity index (χ1n) is 5.49. The molecule has 0 aliphatic carbocycles. The van der Waals surface area contributed by atoms with Crippen LogP contribution in [-0.4, -0.2) is 21.3 Å². The molecule has 1 heterocycles. The van der Waals surface area contributed by atoms with E-state index >= 15 is 0 Å². The normalized spacial score (nSPS) is 10.4. The van der Waals surface area contributed by atoms with E-state index in [-0.39, 0.29) is 0 Å². The molecule has 1 aromatic heterocycles. The highest BCUT2D eigenvalue weighted by molar-refractivity contribution is 5.62. The van der Waals surface area contributed by atoms with Gasteiger partial charge in [-0.25, -0.2) is 0 Å². The molecule has 0 aliphatic heterocycles. The van der Waals surface area contributed by atoms with E-state index in [1.54, 1.807) is 6.33 Å². The fourth-order valence-corrected chi connectivity index (χ4v) is 1.58. The Labute approximate surface area is 95.3 Å². The van der Waals surface area contributed by atoms with Crippen molar-refractivity contribution in [2.24, 2.45) is 7.05 Å². The van der Waals surface area contributed by atoms with Gasteiger partial charge in [0.1, 0.15) is 6.33 Å². The molecule has 4 nitrogen and oxygen atoms in total. The van der Waals surface area contributed by atoms with Crippen LogP contribution in [0.2, 0.25) is 0 Å². The van der Waals surface area contributed by atoms with Crippen molar-refractivity contribution in [2.75, 3.05) is 11.9 Å². The summed E-state index contributed by atoms with van der Waals surface area (Å²) in [4.78, 5) is 0. The summed E-state index contributed by atoms with van der Waals surface area (Å²) in [6.07, 6.45) is 2.83. The van der Waals surface area contributed by atoms with Gasteiger partial charge >= 0.3 is 0 Å². The molecule has 84 valence electrons. The van der Waals surface area contributed by atoms with Gasteiger partial charge in [0.15, 0.2) is 5.82 Å². The van der Waals surface area contributed by atoms with E-state index in [2.05, 4.69) is 34.6 Å². The molecular weight excluding hydrogens is 200 g/mol. The lowest BCUT2D eigenvalue weighted by atomic mass is 10.2. The van der Waals surface area contributed by atoms with Crippen molar-refractivity contribution >= 4 is 5.69 Å². The lowest BCUT2D eigenvalue weighted by Gasteiger charge is -2.06. The minimum atomic E-state index is 0.889. The molecule has 0 saturated heterocycles. The smallest absolute Gasteiger partial charge is 0.163 e. The lowest BCUT2D eigenvalue weighted by molar-refractivity contribution is 0.919. The van der Waals surface area contributed by atoms with Gasteiger partial charge in [-0.05, 0) is 18.6 Å². The predicted molar refractivity (Wildman–Crippen MR) is 65.2 cm³/mol. The number of rotatable bonds is 4. The monoisotopic (exact) mass is 216 g/mol. The van der Waals surface area contributed by atoms with Gasteiger partial charge in [-0.15, -0.1) is 10.2 Å². The van der Waals surface area contributed by atoms with Crippen LogP contribution in [0.4, 0.5) is 5.69 Å². The molecule has 1 N–H and O–H groups in total. The summed E-state index contributed by atoms with van der Waals surface area (Å²) in [5, 5.41) is 11.3. The second kappa shape index (κ2) is 4.79. The summed E-state index contributed by atoms with van der Waals surface area (Å²) in [5.74, 6) is 0.889. The Bertz CT molecular complexity index is 462. The van der Waals surface area contributed by atoms with Gasteiger partial charge in [0.05, 0.1) is 0 Å². The van der Waals surface area contributed by atoms with Gasteiger partial charge in [0.2, 0.25) is 0 Å². The molecule has 0 amide bonds. The molecule has 2 rings (SSSR count). The summed E-state index contributed by atoms with van der Waals surface area (Å²) < 4.78 is 1.92. The first-order valence-corrected chi connectivity index (χ1v) is 5.49. The van der Waals surface area contributed by atoms with Crippen molar-refractivity contribution in [1.29, 1.82) is 0 Å². The van der Waals surface area contributed by atoms with Crippen LogP contribution < -0.4 is 5.32 Å². The van der Waals surface area contributed by atoms with Gasteiger partial charge in [0.25, 0.3) is 0 Å². The number of benzene rings is 1. The van der Waals surface area contributed by atoms with Gasteiger partial charge in [-0.3, -0.25) is 0 Å². The zero-order valence-electron chi connectivity index (χ0n) is 9.64. The molecule has 16 heavy (non-hydrogen) atoms. The zero-order chi connectivity index (χ0) is 11.4. The molecular formula is C12H16N4. The fourth-order valence-electron chi connectivity index (χ4n) is 1.58. The average Bonchev–Trinajstić information content (AvgIpc) is 2.73. The third-order valence-corrected chi connectivity index (χ3v) is 2.41. The van der Waals surface area contributed by atoms with Crippen molar-refractivity contribution in [3.63, 3.8) is 0 Å². The van der Waals surface area contributed by atoms with Crippen molar-refractivity contribution in [3.05, 3.63) is 30.6 Å². The van der Waals surface area contributed by atoms with Gasteiger partial charge in [-0.2, -0.15) is 0 Å². The Kier molecular flexibility index (Phi) is 3.19. The molecule has 2 aromatic rings. The average molecular weight is 216 g/mol. The molecule has 0 bridgehead atoms. The molecule has 0 radical (unpaired) electrons. The summed E-state index contributed by atoms with van der Waals surface area (Å²) in [5.41, 5.74) is 2.21. The molecule has 0 aliphatic rings. The maximum absolute atomic E-state index is 4.09. The number of nitrogens with one attached hydrogen (secondary N) is 1. The van der Waals surface area contributed by atoms with Crippen LogP contribution >= 0.6 is 0 Å². The quantitative estimate of drug-likeness (QED) is 0.852. The molecule has 0 saturated carbocycles. The van der Waals surface area contributed by atoms with Crippen LogP contribution in [0.3, 0.4) is 0 Å². The Morgan fingerprint density at radius 2 is 2.25 bits per heavy atom. The van der Waals surface area contributed by atoms with Crippen LogP contribution in [0.5, 0.6) is 0 Å². The van der Waals surface area contributed by atoms with E-state index in [1.807, 2.05) is 23.7 Å². The van der Waals surface area contributed by atoms with Crippen LogP contribution in [0.1, 0.15) is 13.3 Å². The first-order chi connectivity index (χ1) is 7.81. The molecule has 0 atom stereocenters. The van der Waals surface area contributed by atoms with Crippen molar-refractivity contribution in [3.8, 4) is 11.4 Å². The zero-order valence-corrected chi connectivity index (χ0v) is 9.64. The van der Waals surface area contributed by atoms with E-state index in [1.165, 1.54) is 0 Å². The Hall–Kier alpha value is -1.84. The third-order valence-electron chi connectivity index (χ3n) is 2.41. The second-order valence-electron chi connectivity index (χ2n) is 3.77. The van der Waals surface area contributed by atoms with E-state index in [9.17, 15) is 0 Å². The number of hydrogen-bond acceptors (Lipinski definition) is 3. The van der Waals surface area contributed by atoms with Crippen molar-refractivity contribution in [1.82, 2.24) is 14.8 Å². The summed E-state index contributed by atoms with van der Waals surface area (Å²) in [6, 6.07) is 8.23. The molecule has 4 heteroatoms. The summed E-state index contributed by atoms with van der Waals surface area (Å²) >= 11 is 0. The lowest BCUT2D eigenvalue weighted by Crippen LogP contribution is -2.00.